The van der Waals surface area contributed by atoms with Gasteiger partial charge in [-0.15, -0.1) is 0 Å². The van der Waals surface area contributed by atoms with E-state index < -0.39 is 0 Å². The first-order valence-corrected chi connectivity index (χ1v) is 8.66. The Labute approximate surface area is 121 Å². The Balaban J connectivity index is 2.63. The zero-order chi connectivity index (χ0) is 14.1. The van der Waals surface area contributed by atoms with Crippen LogP contribution in [-0.4, -0.2) is 36.6 Å². The van der Waals surface area contributed by atoms with Crippen molar-refractivity contribution >= 4 is 0 Å². The maximum absolute atomic E-state index is 3.83. The molecule has 1 rings (SSSR count). The average Bonchev–Trinajstić information content (AvgIpc) is 2.37. The normalized spacial score (nSPS) is 27.0. The summed E-state index contributed by atoms with van der Waals surface area (Å²) in [4.78, 5) is 2.67. The van der Waals surface area contributed by atoms with E-state index in [9.17, 15) is 0 Å². The largest absolute Gasteiger partial charge is 0.312 e. The van der Waals surface area contributed by atoms with Gasteiger partial charge in [0.2, 0.25) is 0 Å². The molecule has 1 aliphatic carbocycles. The van der Waals surface area contributed by atoms with Gasteiger partial charge in [0.25, 0.3) is 0 Å². The molecule has 2 nitrogen and oxygen atoms in total. The van der Waals surface area contributed by atoms with E-state index >= 15 is 0 Å². The second-order valence-electron chi connectivity index (χ2n) is 6.42. The number of nitrogens with one attached hydrogen (secondary N) is 1. The highest BCUT2D eigenvalue weighted by Gasteiger charge is 2.27. The minimum Gasteiger partial charge on any atom is -0.312 e. The summed E-state index contributed by atoms with van der Waals surface area (Å²) in [5, 5.41) is 3.83. The first-order chi connectivity index (χ1) is 9.20. The molecule has 0 aromatic rings. The molecule has 0 heterocycles. The van der Waals surface area contributed by atoms with Crippen LogP contribution >= 0.6 is 0 Å². The van der Waals surface area contributed by atoms with Crippen LogP contribution < -0.4 is 5.32 Å². The molecule has 0 spiro atoms. The van der Waals surface area contributed by atoms with Crippen molar-refractivity contribution in [3.8, 4) is 0 Å². The summed E-state index contributed by atoms with van der Waals surface area (Å²) in [6.07, 6.45) is 12.3. The Morgan fingerprint density at radius 3 is 2.37 bits per heavy atom. The maximum Gasteiger partial charge on any atom is 0.0249 e. The van der Waals surface area contributed by atoms with Gasteiger partial charge in [-0.1, -0.05) is 46.0 Å². The second-order valence-corrected chi connectivity index (χ2v) is 6.42. The third kappa shape index (κ3) is 5.83. The van der Waals surface area contributed by atoms with Gasteiger partial charge in [0.1, 0.15) is 0 Å². The highest BCUT2D eigenvalue weighted by Crippen LogP contribution is 2.23. The lowest BCUT2D eigenvalue weighted by Crippen LogP contribution is -2.52. The molecule has 1 aliphatic rings. The summed E-state index contributed by atoms with van der Waals surface area (Å²) >= 11 is 0. The maximum atomic E-state index is 3.83. The van der Waals surface area contributed by atoms with Gasteiger partial charge < -0.3 is 5.32 Å². The zero-order valence-corrected chi connectivity index (χ0v) is 13.8. The first kappa shape index (κ1) is 17.0. The van der Waals surface area contributed by atoms with Crippen molar-refractivity contribution < 1.29 is 0 Å². The molecule has 1 fully saturated rings. The number of likely N-dealkylation sites (N-methyl/N-ethyl adjacent to an activating group) is 1. The molecule has 0 aliphatic heterocycles. The van der Waals surface area contributed by atoms with E-state index in [2.05, 4.69) is 38.0 Å². The molecule has 0 saturated heterocycles. The Morgan fingerprint density at radius 2 is 1.74 bits per heavy atom. The zero-order valence-electron chi connectivity index (χ0n) is 13.8. The van der Waals surface area contributed by atoms with Gasteiger partial charge in [0, 0.05) is 18.1 Å². The van der Waals surface area contributed by atoms with Crippen molar-refractivity contribution in [1.82, 2.24) is 10.2 Å². The molecule has 0 aromatic carbocycles. The molecule has 1 saturated carbocycles. The van der Waals surface area contributed by atoms with E-state index in [0.29, 0.717) is 6.04 Å². The van der Waals surface area contributed by atoms with Gasteiger partial charge >= 0.3 is 0 Å². The molecule has 3 atom stereocenters. The van der Waals surface area contributed by atoms with Crippen molar-refractivity contribution in [3.63, 3.8) is 0 Å². The second kappa shape index (κ2) is 9.77. The minimum absolute atomic E-state index is 0.713. The SMILES string of the molecule is CCCNC1CCCCCCC1N(C)C(C)CCC. The first-order valence-electron chi connectivity index (χ1n) is 8.66. The third-order valence-corrected chi connectivity index (χ3v) is 4.81. The van der Waals surface area contributed by atoms with Crippen molar-refractivity contribution in [2.75, 3.05) is 13.6 Å². The highest BCUT2D eigenvalue weighted by atomic mass is 15.2. The summed E-state index contributed by atoms with van der Waals surface area (Å²) in [6.45, 7) is 8.15. The van der Waals surface area contributed by atoms with Gasteiger partial charge in [-0.05, 0) is 46.2 Å². The molecule has 0 bridgehead atoms. The molecule has 3 unspecified atom stereocenters. The number of rotatable bonds is 7. The van der Waals surface area contributed by atoms with Gasteiger partial charge in [-0.3, -0.25) is 4.90 Å². The quantitative estimate of drug-likeness (QED) is 0.744. The third-order valence-electron chi connectivity index (χ3n) is 4.81. The standard InChI is InChI=1S/C17H36N2/c1-5-11-15(3)19(4)17-13-10-8-7-9-12-16(17)18-14-6-2/h15-18H,5-14H2,1-4H3. The predicted molar refractivity (Wildman–Crippen MR) is 85.7 cm³/mol. The molecule has 0 radical (unpaired) electrons. The fourth-order valence-corrected chi connectivity index (χ4v) is 3.47. The number of hydrogen-bond acceptors (Lipinski definition) is 2. The fraction of sp³-hybridized carbons (Fsp3) is 1.00. The monoisotopic (exact) mass is 268 g/mol. The summed E-state index contributed by atoms with van der Waals surface area (Å²) in [7, 11) is 2.35. The molecule has 0 amide bonds. The lowest BCUT2D eigenvalue weighted by Gasteiger charge is -2.40. The smallest absolute Gasteiger partial charge is 0.0249 e. The molecular formula is C17H36N2. The molecule has 0 aromatic heterocycles. The fourth-order valence-electron chi connectivity index (χ4n) is 3.47. The topological polar surface area (TPSA) is 15.3 Å². The Kier molecular flexibility index (Phi) is 8.72. The van der Waals surface area contributed by atoms with Gasteiger partial charge in [-0.25, -0.2) is 0 Å². The van der Waals surface area contributed by atoms with Crippen LogP contribution in [0.15, 0.2) is 0 Å². The van der Waals surface area contributed by atoms with E-state index in [1.165, 1.54) is 64.3 Å². The summed E-state index contributed by atoms with van der Waals surface area (Å²) in [6, 6.07) is 2.18. The van der Waals surface area contributed by atoms with Crippen molar-refractivity contribution in [3.05, 3.63) is 0 Å². The lowest BCUT2D eigenvalue weighted by molar-refractivity contribution is 0.119. The Hall–Kier alpha value is -0.0800. The van der Waals surface area contributed by atoms with E-state index in [-0.39, 0.29) is 0 Å². The molecule has 2 heteroatoms. The highest BCUT2D eigenvalue weighted by molar-refractivity contribution is 4.86. The van der Waals surface area contributed by atoms with Crippen LogP contribution in [0.2, 0.25) is 0 Å². The van der Waals surface area contributed by atoms with Gasteiger partial charge in [0.05, 0.1) is 0 Å². The molecule has 114 valence electrons. The van der Waals surface area contributed by atoms with Crippen LogP contribution in [0.1, 0.15) is 78.6 Å². The Morgan fingerprint density at radius 1 is 1.05 bits per heavy atom. The van der Waals surface area contributed by atoms with E-state index in [4.69, 9.17) is 0 Å². The number of hydrogen-bond donors (Lipinski definition) is 1. The molecule has 19 heavy (non-hydrogen) atoms. The van der Waals surface area contributed by atoms with Crippen LogP contribution in [0, 0.1) is 0 Å². The van der Waals surface area contributed by atoms with E-state index in [1.54, 1.807) is 0 Å². The summed E-state index contributed by atoms with van der Waals surface area (Å²) < 4.78 is 0. The Bertz CT molecular complexity index is 215. The number of nitrogens with zero attached hydrogens (tertiary/aromatic N) is 1. The van der Waals surface area contributed by atoms with Crippen LogP contribution in [0.25, 0.3) is 0 Å². The van der Waals surface area contributed by atoms with Crippen LogP contribution in [0.4, 0.5) is 0 Å². The molecular weight excluding hydrogens is 232 g/mol. The van der Waals surface area contributed by atoms with Gasteiger partial charge in [-0.2, -0.15) is 0 Å². The van der Waals surface area contributed by atoms with Crippen molar-refractivity contribution in [2.45, 2.75) is 96.7 Å². The average molecular weight is 268 g/mol. The summed E-state index contributed by atoms with van der Waals surface area (Å²) in [5.74, 6) is 0. The van der Waals surface area contributed by atoms with Crippen LogP contribution in [0.3, 0.4) is 0 Å². The van der Waals surface area contributed by atoms with E-state index in [0.717, 1.165) is 12.1 Å². The lowest BCUT2D eigenvalue weighted by atomic mass is 9.90. The predicted octanol–water partition coefficient (Wildman–Crippen LogP) is 4.20. The van der Waals surface area contributed by atoms with Crippen LogP contribution in [0.5, 0.6) is 0 Å². The molecule has 1 N–H and O–H groups in total. The van der Waals surface area contributed by atoms with E-state index in [1.807, 2.05) is 0 Å². The minimum atomic E-state index is 0.713. The van der Waals surface area contributed by atoms with Crippen molar-refractivity contribution in [2.24, 2.45) is 0 Å². The summed E-state index contributed by atoms with van der Waals surface area (Å²) in [5.41, 5.74) is 0. The van der Waals surface area contributed by atoms with Gasteiger partial charge in [0.15, 0.2) is 0 Å². The van der Waals surface area contributed by atoms with Crippen LogP contribution in [-0.2, 0) is 0 Å². The van der Waals surface area contributed by atoms with Crippen molar-refractivity contribution in [1.29, 1.82) is 0 Å².